The van der Waals surface area contributed by atoms with Crippen molar-refractivity contribution in [1.29, 1.82) is 5.26 Å². The molecule has 7 heteroatoms. The van der Waals surface area contributed by atoms with E-state index in [1.54, 1.807) is 41.3 Å². The second kappa shape index (κ2) is 10.8. The van der Waals surface area contributed by atoms with Crippen molar-refractivity contribution in [2.45, 2.75) is 13.0 Å². The highest BCUT2D eigenvalue weighted by molar-refractivity contribution is 6.04. The molecule has 6 nitrogen and oxygen atoms in total. The van der Waals surface area contributed by atoms with E-state index in [0.29, 0.717) is 42.9 Å². The van der Waals surface area contributed by atoms with Gasteiger partial charge in [-0.1, -0.05) is 18.2 Å². The van der Waals surface area contributed by atoms with Gasteiger partial charge in [0.25, 0.3) is 11.8 Å². The smallest absolute Gasteiger partial charge is 0.255 e. The number of nitriles is 1. The maximum Gasteiger partial charge on any atom is 0.255 e. The van der Waals surface area contributed by atoms with Gasteiger partial charge >= 0.3 is 0 Å². The highest BCUT2D eigenvalue weighted by Crippen LogP contribution is 2.16. The highest BCUT2D eigenvalue weighted by Gasteiger charge is 2.16. The van der Waals surface area contributed by atoms with Gasteiger partial charge in [0, 0.05) is 29.9 Å². The van der Waals surface area contributed by atoms with Crippen molar-refractivity contribution >= 4 is 17.5 Å². The van der Waals surface area contributed by atoms with E-state index in [0.717, 1.165) is 5.56 Å². The van der Waals surface area contributed by atoms with Crippen LogP contribution in [0, 0.1) is 17.1 Å². The number of nitrogens with zero attached hydrogens (tertiary/aromatic N) is 2. The molecule has 0 saturated heterocycles. The van der Waals surface area contributed by atoms with Crippen LogP contribution in [0.1, 0.15) is 38.3 Å². The molecule has 0 aliphatic rings. The predicted octanol–water partition coefficient (Wildman–Crippen LogP) is 3.94. The van der Waals surface area contributed by atoms with Gasteiger partial charge in [-0.05, 0) is 73.1 Å². The Morgan fingerprint density at radius 1 is 1.00 bits per heavy atom. The maximum atomic E-state index is 13.3. The summed E-state index contributed by atoms with van der Waals surface area (Å²) < 4.78 is 13.3. The number of anilines is 1. The number of halogens is 1. The molecular weight excluding hydrogens is 407 g/mol. The fraction of sp³-hybridized carbons (Fsp3) is 0.160. The van der Waals surface area contributed by atoms with Crippen molar-refractivity contribution in [3.8, 4) is 6.07 Å². The molecule has 0 aliphatic carbocycles. The molecule has 0 unspecified atom stereocenters. The molecule has 0 saturated carbocycles. The number of hydrogen-bond donors (Lipinski definition) is 2. The molecule has 162 valence electrons. The second-order valence-electron chi connectivity index (χ2n) is 7.22. The van der Waals surface area contributed by atoms with Crippen LogP contribution in [0.25, 0.3) is 0 Å². The lowest BCUT2D eigenvalue weighted by molar-refractivity contribution is 0.0742. The number of nitrogens with one attached hydrogen (secondary N) is 1. The first-order valence-electron chi connectivity index (χ1n) is 10.2. The molecule has 3 N–H and O–H groups in total. The first-order valence-corrected chi connectivity index (χ1v) is 10.2. The zero-order valence-electron chi connectivity index (χ0n) is 17.4. The van der Waals surface area contributed by atoms with Crippen molar-refractivity contribution in [3.63, 3.8) is 0 Å². The molecule has 2 amide bonds. The van der Waals surface area contributed by atoms with E-state index in [9.17, 15) is 14.0 Å². The Balaban J connectivity index is 1.69. The van der Waals surface area contributed by atoms with Crippen LogP contribution in [-0.2, 0) is 6.54 Å². The summed E-state index contributed by atoms with van der Waals surface area (Å²) in [5.41, 5.74) is 8.30. The van der Waals surface area contributed by atoms with E-state index in [4.69, 9.17) is 11.0 Å². The third-order valence-corrected chi connectivity index (χ3v) is 4.85. The fourth-order valence-corrected chi connectivity index (χ4v) is 3.15. The summed E-state index contributed by atoms with van der Waals surface area (Å²) in [4.78, 5) is 26.9. The monoisotopic (exact) mass is 430 g/mol. The number of hydrogen-bond acceptors (Lipinski definition) is 4. The minimum Gasteiger partial charge on any atom is -0.334 e. The van der Waals surface area contributed by atoms with E-state index in [2.05, 4.69) is 5.32 Å². The van der Waals surface area contributed by atoms with E-state index in [1.165, 1.54) is 24.3 Å². The third-order valence-electron chi connectivity index (χ3n) is 4.85. The lowest BCUT2D eigenvalue weighted by atomic mass is 10.1. The van der Waals surface area contributed by atoms with Gasteiger partial charge in [-0.3, -0.25) is 9.59 Å². The molecule has 0 heterocycles. The Morgan fingerprint density at radius 3 is 2.34 bits per heavy atom. The molecule has 0 atom stereocenters. The molecule has 0 aromatic heterocycles. The molecule has 32 heavy (non-hydrogen) atoms. The molecule has 3 rings (SSSR count). The number of rotatable bonds is 8. The van der Waals surface area contributed by atoms with Crippen LogP contribution in [0.15, 0.2) is 72.8 Å². The Hall–Kier alpha value is -4.02. The Labute approximate surface area is 186 Å². The van der Waals surface area contributed by atoms with Gasteiger partial charge in [-0.15, -0.1) is 0 Å². The van der Waals surface area contributed by atoms with Crippen LogP contribution >= 0.6 is 0 Å². The molecule has 0 spiro atoms. The van der Waals surface area contributed by atoms with Crippen molar-refractivity contribution < 1.29 is 14.0 Å². The summed E-state index contributed by atoms with van der Waals surface area (Å²) in [6, 6.07) is 21.1. The third kappa shape index (κ3) is 6.00. The van der Waals surface area contributed by atoms with Crippen molar-refractivity contribution in [2.24, 2.45) is 5.73 Å². The van der Waals surface area contributed by atoms with Crippen LogP contribution in [0.3, 0.4) is 0 Å². The first-order chi connectivity index (χ1) is 15.5. The van der Waals surface area contributed by atoms with Crippen LogP contribution in [-0.4, -0.2) is 29.8 Å². The zero-order chi connectivity index (χ0) is 22.9. The second-order valence-corrected chi connectivity index (χ2v) is 7.22. The van der Waals surface area contributed by atoms with E-state index < -0.39 is 11.7 Å². The standard InChI is InChI=1S/C25H23FN4O2/c26-22-4-1-3-21(15-22)24(31)29-23-11-7-19(8-12-23)17-30(14-2-13-27)25(32)20-9-5-18(16-28)6-10-20/h1,3-12,15H,2,13-14,17,27H2,(H,29,31). The summed E-state index contributed by atoms with van der Waals surface area (Å²) in [5.74, 6) is -1.03. The number of benzene rings is 3. The lowest BCUT2D eigenvalue weighted by Gasteiger charge is -2.23. The largest absolute Gasteiger partial charge is 0.334 e. The van der Waals surface area contributed by atoms with Gasteiger partial charge in [-0.25, -0.2) is 4.39 Å². The molecule has 0 bridgehead atoms. The molecular formula is C25H23FN4O2. The van der Waals surface area contributed by atoms with Crippen LogP contribution < -0.4 is 11.1 Å². The average molecular weight is 430 g/mol. The molecule has 0 aliphatic heterocycles. The Morgan fingerprint density at radius 2 is 1.72 bits per heavy atom. The van der Waals surface area contributed by atoms with Crippen LogP contribution in [0.2, 0.25) is 0 Å². The van der Waals surface area contributed by atoms with Gasteiger partial charge in [0.15, 0.2) is 0 Å². The SMILES string of the molecule is N#Cc1ccc(C(=O)N(CCCN)Cc2ccc(NC(=O)c3cccc(F)c3)cc2)cc1. The Kier molecular flexibility index (Phi) is 7.68. The number of nitrogens with two attached hydrogens (primary N) is 1. The minimum absolute atomic E-state index is 0.147. The topological polar surface area (TPSA) is 99.2 Å². The summed E-state index contributed by atoms with van der Waals surface area (Å²) >= 11 is 0. The van der Waals surface area contributed by atoms with Gasteiger partial charge in [0.05, 0.1) is 11.6 Å². The van der Waals surface area contributed by atoms with Crippen molar-refractivity contribution in [2.75, 3.05) is 18.4 Å². The maximum absolute atomic E-state index is 13.3. The normalized spacial score (nSPS) is 10.3. The Bertz CT molecular complexity index is 1120. The van der Waals surface area contributed by atoms with Gasteiger partial charge in [-0.2, -0.15) is 5.26 Å². The predicted molar refractivity (Wildman–Crippen MR) is 120 cm³/mol. The quantitative estimate of drug-likeness (QED) is 0.565. The molecule has 3 aromatic rings. The van der Waals surface area contributed by atoms with Gasteiger partial charge in [0.2, 0.25) is 0 Å². The van der Waals surface area contributed by atoms with Crippen molar-refractivity contribution in [3.05, 3.63) is 101 Å². The number of amides is 2. The fourth-order valence-electron chi connectivity index (χ4n) is 3.15. The van der Waals surface area contributed by atoms with Gasteiger partial charge < -0.3 is 16.0 Å². The van der Waals surface area contributed by atoms with E-state index in [1.807, 2.05) is 18.2 Å². The summed E-state index contributed by atoms with van der Waals surface area (Å²) in [6.07, 6.45) is 0.657. The molecule has 0 fully saturated rings. The zero-order valence-corrected chi connectivity index (χ0v) is 17.4. The highest BCUT2D eigenvalue weighted by atomic mass is 19.1. The minimum atomic E-state index is -0.475. The molecule has 0 radical (unpaired) electrons. The van der Waals surface area contributed by atoms with Gasteiger partial charge in [0.1, 0.15) is 5.82 Å². The lowest BCUT2D eigenvalue weighted by Crippen LogP contribution is -2.32. The summed E-state index contributed by atoms with van der Waals surface area (Å²) in [7, 11) is 0. The van der Waals surface area contributed by atoms with E-state index >= 15 is 0 Å². The number of carbonyl (C=O) groups excluding carboxylic acids is 2. The van der Waals surface area contributed by atoms with Crippen molar-refractivity contribution in [1.82, 2.24) is 4.90 Å². The van der Waals surface area contributed by atoms with E-state index in [-0.39, 0.29) is 11.5 Å². The van der Waals surface area contributed by atoms with Crippen LogP contribution in [0.4, 0.5) is 10.1 Å². The summed E-state index contributed by atoms with van der Waals surface area (Å²) in [5, 5.41) is 11.7. The number of carbonyl (C=O) groups is 2. The van der Waals surface area contributed by atoms with Crippen LogP contribution in [0.5, 0.6) is 0 Å². The average Bonchev–Trinajstić information content (AvgIpc) is 2.82. The molecule has 3 aromatic carbocycles. The summed E-state index contributed by atoms with van der Waals surface area (Å²) in [6.45, 7) is 1.33. The first kappa shape index (κ1) is 22.7.